The molecule has 0 radical (unpaired) electrons. The van der Waals surface area contributed by atoms with Gasteiger partial charge in [-0.05, 0) is 58.8 Å². The maximum atomic E-state index is 5.32. The predicted molar refractivity (Wildman–Crippen MR) is 229 cm³/mol. The minimum atomic E-state index is -0.428. The predicted octanol–water partition coefficient (Wildman–Crippen LogP) is 12.8. The smallest absolute Gasteiger partial charge is 0.170 e. The Kier molecular flexibility index (Phi) is 8.04. The third-order valence-corrected chi connectivity index (χ3v) is 11.2. The molecular weight excluding hydrogens is 677 g/mol. The summed E-state index contributed by atoms with van der Waals surface area (Å²) in [4.78, 5) is 13.0. The summed E-state index contributed by atoms with van der Waals surface area (Å²) in [5.74, 6) is 1.63. The number of nitrogens with one attached hydrogen (secondary N) is 1. The molecule has 4 nitrogen and oxygen atoms in total. The molecule has 1 aliphatic heterocycles. The van der Waals surface area contributed by atoms with Crippen LogP contribution in [0.25, 0.3) is 42.1 Å². The summed E-state index contributed by atoms with van der Waals surface area (Å²) in [6.07, 6.45) is -0.428. The molecule has 0 aliphatic carbocycles. The topological polar surface area (TPSA) is 40.0 Å². The third kappa shape index (κ3) is 5.81. The highest BCUT2D eigenvalue weighted by molar-refractivity contribution is 7.25. The molecular formula is C49H34N4S. The minimum Gasteiger partial charge on any atom is -0.324 e. The largest absolute Gasteiger partial charge is 0.324 e. The first-order valence-corrected chi connectivity index (χ1v) is 19.0. The lowest BCUT2D eigenvalue weighted by Crippen LogP contribution is -2.36. The van der Waals surface area contributed by atoms with Crippen molar-refractivity contribution in [3.63, 3.8) is 0 Å². The third-order valence-electron chi connectivity index (χ3n) is 10.1. The summed E-state index contributed by atoms with van der Waals surface area (Å²) in [6.45, 7) is 0. The Morgan fingerprint density at radius 1 is 0.463 bits per heavy atom. The van der Waals surface area contributed by atoms with Gasteiger partial charge in [-0.3, -0.25) is 0 Å². The number of aliphatic imine (C=N–C) groups is 2. The quantitative estimate of drug-likeness (QED) is 0.179. The van der Waals surface area contributed by atoms with E-state index in [0.717, 1.165) is 45.4 Å². The lowest BCUT2D eigenvalue weighted by Gasteiger charge is -2.28. The minimum absolute atomic E-state index is 0.428. The molecule has 0 bridgehead atoms. The molecule has 2 heterocycles. The van der Waals surface area contributed by atoms with Crippen molar-refractivity contribution in [3.05, 3.63) is 211 Å². The molecule has 54 heavy (non-hydrogen) atoms. The number of nitrogens with zero attached hydrogens (tertiary/aromatic N) is 3. The first-order valence-electron chi connectivity index (χ1n) is 18.2. The second kappa shape index (κ2) is 13.6. The van der Waals surface area contributed by atoms with Crippen molar-refractivity contribution in [3.8, 4) is 11.1 Å². The van der Waals surface area contributed by atoms with Crippen LogP contribution in [0.3, 0.4) is 0 Å². The average molecular weight is 711 g/mol. The Labute approximate surface area is 318 Å². The highest BCUT2D eigenvalue weighted by atomic mass is 32.1. The Bertz CT molecular complexity index is 2860. The van der Waals surface area contributed by atoms with E-state index >= 15 is 0 Å². The van der Waals surface area contributed by atoms with Gasteiger partial charge < -0.3 is 10.2 Å². The van der Waals surface area contributed by atoms with Crippen molar-refractivity contribution in [2.45, 2.75) is 6.17 Å². The zero-order valence-corrected chi connectivity index (χ0v) is 30.1. The van der Waals surface area contributed by atoms with Crippen LogP contribution in [0.1, 0.15) is 22.9 Å². The number of fused-ring (bicyclic) bond motifs is 4. The van der Waals surface area contributed by atoms with E-state index in [1.165, 1.54) is 42.1 Å². The van der Waals surface area contributed by atoms with Crippen molar-refractivity contribution < 1.29 is 0 Å². The van der Waals surface area contributed by atoms with Gasteiger partial charge in [0.05, 0.1) is 5.69 Å². The van der Waals surface area contributed by atoms with Gasteiger partial charge in [-0.2, -0.15) is 0 Å². The molecule has 8 aromatic carbocycles. The zero-order valence-electron chi connectivity index (χ0n) is 29.3. The number of amidine groups is 2. The fraction of sp³-hybridized carbons (Fsp3) is 0.0204. The van der Waals surface area contributed by atoms with Gasteiger partial charge in [0, 0.05) is 53.8 Å². The molecule has 1 aliphatic rings. The summed E-state index contributed by atoms with van der Waals surface area (Å²) in [7, 11) is 0. The second-order valence-corrected chi connectivity index (χ2v) is 14.5. The van der Waals surface area contributed by atoms with Crippen LogP contribution in [0, 0.1) is 0 Å². The standard InChI is InChI=1S/C49H34N4S/c1-4-16-34(17-5-1)40-23-12-13-25-43(40)53(38-21-8-3-9-22-38)39-29-30-41-45(32-39)54-44-26-14-24-42(46(41)44)49-51-47(35-18-6-2-7-19-35)50-48(52-49)37-28-27-33-15-10-11-20-36(33)31-37/h1-32,49H,(H,50,51,52). The molecule has 1 unspecified atom stereocenters. The number of benzene rings is 8. The lowest BCUT2D eigenvalue weighted by atomic mass is 10.0. The Hall–Kier alpha value is -6.82. The van der Waals surface area contributed by atoms with E-state index in [9.17, 15) is 0 Å². The van der Waals surface area contributed by atoms with Gasteiger partial charge >= 0.3 is 0 Å². The van der Waals surface area contributed by atoms with Crippen molar-refractivity contribution in [1.82, 2.24) is 5.32 Å². The molecule has 1 aromatic heterocycles. The Morgan fingerprint density at radius 2 is 1.13 bits per heavy atom. The van der Waals surface area contributed by atoms with Crippen LogP contribution < -0.4 is 10.2 Å². The number of thiophene rings is 1. The molecule has 0 saturated heterocycles. The molecule has 1 N–H and O–H groups in total. The van der Waals surface area contributed by atoms with Crippen LogP contribution in [0.2, 0.25) is 0 Å². The van der Waals surface area contributed by atoms with Gasteiger partial charge in [0.1, 0.15) is 11.7 Å². The van der Waals surface area contributed by atoms with Crippen LogP contribution in [-0.2, 0) is 0 Å². The highest BCUT2D eigenvalue weighted by Gasteiger charge is 2.24. The Morgan fingerprint density at radius 3 is 1.93 bits per heavy atom. The van der Waals surface area contributed by atoms with Crippen LogP contribution in [0.4, 0.5) is 17.1 Å². The van der Waals surface area contributed by atoms with E-state index in [1.54, 1.807) is 0 Å². The summed E-state index contributed by atoms with van der Waals surface area (Å²) in [5, 5.41) is 8.38. The molecule has 5 heteroatoms. The molecule has 256 valence electrons. The number of para-hydroxylation sites is 2. The van der Waals surface area contributed by atoms with Gasteiger partial charge in [0.2, 0.25) is 0 Å². The van der Waals surface area contributed by atoms with E-state index in [1.807, 2.05) is 17.4 Å². The van der Waals surface area contributed by atoms with Crippen molar-refractivity contribution in [2.75, 3.05) is 4.90 Å². The second-order valence-electron chi connectivity index (χ2n) is 13.4. The average Bonchev–Trinajstić information content (AvgIpc) is 3.63. The van der Waals surface area contributed by atoms with E-state index < -0.39 is 6.17 Å². The van der Waals surface area contributed by atoms with Crippen LogP contribution in [0.5, 0.6) is 0 Å². The molecule has 0 saturated carbocycles. The van der Waals surface area contributed by atoms with Crippen molar-refractivity contribution in [2.24, 2.45) is 9.98 Å². The number of hydrogen-bond acceptors (Lipinski definition) is 5. The monoisotopic (exact) mass is 710 g/mol. The van der Waals surface area contributed by atoms with Gasteiger partial charge in [0.15, 0.2) is 6.17 Å². The maximum Gasteiger partial charge on any atom is 0.170 e. The van der Waals surface area contributed by atoms with Crippen LogP contribution >= 0.6 is 11.3 Å². The van der Waals surface area contributed by atoms with Crippen LogP contribution in [0.15, 0.2) is 204 Å². The van der Waals surface area contributed by atoms with E-state index in [2.05, 4.69) is 198 Å². The number of anilines is 3. The Balaban J connectivity index is 1.12. The van der Waals surface area contributed by atoms with Gasteiger partial charge in [-0.1, -0.05) is 152 Å². The molecule has 9 aromatic rings. The number of rotatable bonds is 7. The van der Waals surface area contributed by atoms with Crippen molar-refractivity contribution in [1.29, 1.82) is 0 Å². The van der Waals surface area contributed by atoms with E-state index in [0.29, 0.717) is 0 Å². The summed E-state index contributed by atoms with van der Waals surface area (Å²) in [6, 6.07) is 68.7. The van der Waals surface area contributed by atoms with Gasteiger partial charge in [0.25, 0.3) is 0 Å². The molecule has 10 rings (SSSR count). The van der Waals surface area contributed by atoms with E-state index in [-0.39, 0.29) is 0 Å². The summed E-state index contributed by atoms with van der Waals surface area (Å²) in [5.41, 5.74) is 8.85. The van der Waals surface area contributed by atoms with E-state index in [4.69, 9.17) is 9.98 Å². The first-order chi connectivity index (χ1) is 26.8. The molecule has 0 amide bonds. The normalized spacial score (nSPS) is 14.1. The first kappa shape index (κ1) is 31.9. The zero-order chi connectivity index (χ0) is 35.8. The summed E-state index contributed by atoms with van der Waals surface area (Å²) < 4.78 is 2.43. The maximum absolute atomic E-state index is 5.32. The van der Waals surface area contributed by atoms with Crippen molar-refractivity contribution >= 4 is 71.0 Å². The lowest BCUT2D eigenvalue weighted by molar-refractivity contribution is 0.763. The van der Waals surface area contributed by atoms with Crippen LogP contribution in [-0.4, -0.2) is 11.7 Å². The molecule has 0 fully saturated rings. The molecule has 0 spiro atoms. The highest BCUT2D eigenvalue weighted by Crippen LogP contribution is 2.45. The molecule has 1 atom stereocenters. The summed E-state index contributed by atoms with van der Waals surface area (Å²) >= 11 is 1.82. The van der Waals surface area contributed by atoms with Gasteiger partial charge in [-0.25, -0.2) is 9.98 Å². The van der Waals surface area contributed by atoms with Gasteiger partial charge in [-0.15, -0.1) is 11.3 Å². The fourth-order valence-corrected chi connectivity index (χ4v) is 8.72. The SMILES string of the molecule is c1ccc(C2=NC(c3cccc4sc5cc(N(c6ccccc6)c6ccccc6-c6ccccc6)ccc5c34)N=C(c3ccc4ccccc4c3)N2)cc1. The number of hydrogen-bond donors (Lipinski definition) is 1. The fourth-order valence-electron chi connectivity index (χ4n) is 7.55.